The Balaban J connectivity index is 1.85. The third-order valence-corrected chi connectivity index (χ3v) is 2.64. The maximum atomic E-state index is 5.63. The quantitative estimate of drug-likeness (QED) is 0.802. The van der Waals surface area contributed by atoms with E-state index in [2.05, 4.69) is 16.5 Å². The molecule has 0 saturated heterocycles. The molecule has 0 aliphatic heterocycles. The molecule has 90 valence electrons. The summed E-state index contributed by atoms with van der Waals surface area (Å²) in [5, 5.41) is 0. The lowest BCUT2D eigenvalue weighted by Crippen LogP contribution is -2.09. The van der Waals surface area contributed by atoms with Crippen molar-refractivity contribution in [2.45, 2.75) is 19.9 Å². The molecular weight excluding hydrogens is 214 g/mol. The van der Waals surface area contributed by atoms with Crippen LogP contribution in [0.4, 0.5) is 5.69 Å². The minimum absolute atomic E-state index is 0.632. The summed E-state index contributed by atoms with van der Waals surface area (Å²) < 4.78 is 7.74. The summed E-state index contributed by atoms with van der Waals surface area (Å²) in [5.41, 5.74) is 7.58. The fraction of sp³-hybridized carbons (Fsp3) is 0.308. The molecule has 0 aliphatic rings. The van der Waals surface area contributed by atoms with Gasteiger partial charge in [-0.1, -0.05) is 6.92 Å². The highest BCUT2D eigenvalue weighted by atomic mass is 16.5. The molecule has 0 unspecified atom stereocenters. The molecule has 2 rings (SSSR count). The van der Waals surface area contributed by atoms with Gasteiger partial charge in [0.2, 0.25) is 0 Å². The number of hydrogen-bond acceptors (Lipinski definition) is 3. The molecule has 0 saturated carbocycles. The number of rotatable bonds is 5. The van der Waals surface area contributed by atoms with Crippen molar-refractivity contribution in [3.8, 4) is 5.75 Å². The van der Waals surface area contributed by atoms with Crippen molar-refractivity contribution >= 4 is 5.69 Å². The van der Waals surface area contributed by atoms with E-state index in [1.54, 1.807) is 0 Å². The average molecular weight is 231 g/mol. The van der Waals surface area contributed by atoms with Crippen LogP contribution in [0.3, 0.4) is 0 Å². The molecule has 0 amide bonds. The van der Waals surface area contributed by atoms with E-state index in [4.69, 9.17) is 10.5 Å². The van der Waals surface area contributed by atoms with Crippen molar-refractivity contribution < 1.29 is 4.74 Å². The number of anilines is 1. The molecule has 2 N–H and O–H groups in total. The van der Waals surface area contributed by atoms with E-state index >= 15 is 0 Å². The molecule has 2 aromatic rings. The van der Waals surface area contributed by atoms with E-state index in [1.165, 1.54) is 5.69 Å². The van der Waals surface area contributed by atoms with Gasteiger partial charge < -0.3 is 15.0 Å². The Labute approximate surface area is 101 Å². The molecule has 1 aromatic carbocycles. The van der Waals surface area contributed by atoms with E-state index in [0.717, 1.165) is 24.4 Å². The van der Waals surface area contributed by atoms with Crippen molar-refractivity contribution in [3.05, 3.63) is 42.5 Å². The standard InChI is InChI=1S/C13H17N3O/c1-2-12-9-15-10-16(12)7-8-17-13-5-3-11(14)4-6-13/h3-6,9-10H,2,7-8,14H2,1H3. The number of nitrogen functional groups attached to an aromatic ring is 1. The van der Waals surface area contributed by atoms with Gasteiger partial charge in [0.25, 0.3) is 0 Å². The molecule has 4 nitrogen and oxygen atoms in total. The van der Waals surface area contributed by atoms with Crippen molar-refractivity contribution in [2.75, 3.05) is 12.3 Å². The van der Waals surface area contributed by atoms with Gasteiger partial charge in [-0.3, -0.25) is 0 Å². The van der Waals surface area contributed by atoms with E-state index < -0.39 is 0 Å². The maximum absolute atomic E-state index is 5.63. The lowest BCUT2D eigenvalue weighted by Gasteiger charge is -2.09. The maximum Gasteiger partial charge on any atom is 0.119 e. The number of imidazole rings is 1. The Hall–Kier alpha value is -1.97. The largest absolute Gasteiger partial charge is 0.492 e. The first-order valence-electron chi connectivity index (χ1n) is 5.77. The van der Waals surface area contributed by atoms with Crippen LogP contribution in [-0.4, -0.2) is 16.2 Å². The number of hydrogen-bond donors (Lipinski definition) is 1. The van der Waals surface area contributed by atoms with Crippen LogP contribution in [0.15, 0.2) is 36.8 Å². The smallest absolute Gasteiger partial charge is 0.119 e. The molecule has 1 heterocycles. The van der Waals surface area contributed by atoms with Gasteiger partial charge in [-0.05, 0) is 30.7 Å². The second kappa shape index (κ2) is 5.39. The second-order valence-electron chi connectivity index (χ2n) is 3.85. The molecule has 4 heteroatoms. The first kappa shape index (κ1) is 11.5. The summed E-state index contributed by atoms with van der Waals surface area (Å²) in [5.74, 6) is 0.845. The van der Waals surface area contributed by atoms with Gasteiger partial charge >= 0.3 is 0 Å². The zero-order chi connectivity index (χ0) is 12.1. The van der Waals surface area contributed by atoms with Crippen molar-refractivity contribution in [3.63, 3.8) is 0 Å². The lowest BCUT2D eigenvalue weighted by atomic mass is 10.3. The number of nitrogens with zero attached hydrogens (tertiary/aromatic N) is 2. The highest BCUT2D eigenvalue weighted by molar-refractivity contribution is 5.41. The zero-order valence-electron chi connectivity index (χ0n) is 9.97. The van der Waals surface area contributed by atoms with Crippen molar-refractivity contribution in [1.29, 1.82) is 0 Å². The molecular formula is C13H17N3O. The fourth-order valence-electron chi connectivity index (χ4n) is 1.67. The second-order valence-corrected chi connectivity index (χ2v) is 3.85. The first-order valence-corrected chi connectivity index (χ1v) is 5.77. The van der Waals surface area contributed by atoms with Crippen LogP contribution in [0, 0.1) is 0 Å². The number of aromatic nitrogens is 2. The van der Waals surface area contributed by atoms with E-state index in [-0.39, 0.29) is 0 Å². The van der Waals surface area contributed by atoms with Gasteiger partial charge in [-0.25, -0.2) is 4.98 Å². The van der Waals surface area contributed by atoms with Crippen LogP contribution < -0.4 is 10.5 Å². The minimum atomic E-state index is 0.632. The Morgan fingerprint density at radius 2 is 2.06 bits per heavy atom. The lowest BCUT2D eigenvalue weighted by molar-refractivity contribution is 0.296. The summed E-state index contributed by atoms with van der Waals surface area (Å²) >= 11 is 0. The molecule has 0 atom stereocenters. The predicted octanol–water partition coefficient (Wildman–Crippen LogP) is 2.11. The molecule has 0 fully saturated rings. The molecule has 1 aromatic heterocycles. The normalized spacial score (nSPS) is 10.4. The Kier molecular flexibility index (Phi) is 3.65. The number of aryl methyl sites for hydroxylation is 1. The monoisotopic (exact) mass is 231 g/mol. The molecule has 0 bridgehead atoms. The first-order chi connectivity index (χ1) is 8.29. The number of benzene rings is 1. The molecule has 0 aliphatic carbocycles. The topological polar surface area (TPSA) is 53.1 Å². The van der Waals surface area contributed by atoms with Crippen LogP contribution in [0.25, 0.3) is 0 Å². The van der Waals surface area contributed by atoms with E-state index in [0.29, 0.717) is 6.61 Å². The molecule has 0 spiro atoms. The summed E-state index contributed by atoms with van der Waals surface area (Å²) in [6.07, 6.45) is 4.72. The van der Waals surface area contributed by atoms with Gasteiger partial charge in [0, 0.05) is 17.6 Å². The summed E-state index contributed by atoms with van der Waals surface area (Å²) in [7, 11) is 0. The molecule has 0 radical (unpaired) electrons. The van der Waals surface area contributed by atoms with Gasteiger partial charge in [0.05, 0.1) is 12.9 Å². The van der Waals surface area contributed by atoms with Crippen LogP contribution in [0.5, 0.6) is 5.75 Å². The van der Waals surface area contributed by atoms with Gasteiger partial charge in [0.1, 0.15) is 12.4 Å². The highest BCUT2D eigenvalue weighted by Gasteiger charge is 1.99. The van der Waals surface area contributed by atoms with Gasteiger partial charge in [-0.2, -0.15) is 0 Å². The van der Waals surface area contributed by atoms with Crippen LogP contribution in [0.1, 0.15) is 12.6 Å². The third-order valence-electron chi connectivity index (χ3n) is 2.64. The number of nitrogens with two attached hydrogens (primary N) is 1. The van der Waals surface area contributed by atoms with Crippen LogP contribution in [0.2, 0.25) is 0 Å². The van der Waals surface area contributed by atoms with Crippen molar-refractivity contribution in [2.24, 2.45) is 0 Å². The highest BCUT2D eigenvalue weighted by Crippen LogP contribution is 2.13. The SMILES string of the molecule is CCc1cncn1CCOc1ccc(N)cc1. The summed E-state index contributed by atoms with van der Waals surface area (Å²) in [6, 6.07) is 7.43. The zero-order valence-corrected chi connectivity index (χ0v) is 9.97. The van der Waals surface area contributed by atoms with E-state index in [1.807, 2.05) is 36.8 Å². The minimum Gasteiger partial charge on any atom is -0.492 e. The van der Waals surface area contributed by atoms with Gasteiger partial charge in [-0.15, -0.1) is 0 Å². The Morgan fingerprint density at radius 1 is 1.29 bits per heavy atom. The van der Waals surface area contributed by atoms with Crippen LogP contribution in [-0.2, 0) is 13.0 Å². The summed E-state index contributed by atoms with van der Waals surface area (Å²) in [6.45, 7) is 3.56. The molecule has 17 heavy (non-hydrogen) atoms. The predicted molar refractivity (Wildman–Crippen MR) is 68.0 cm³/mol. The Bertz CT molecular complexity index is 462. The van der Waals surface area contributed by atoms with Crippen molar-refractivity contribution in [1.82, 2.24) is 9.55 Å². The van der Waals surface area contributed by atoms with Gasteiger partial charge in [0.15, 0.2) is 0 Å². The third kappa shape index (κ3) is 3.00. The van der Waals surface area contributed by atoms with Crippen LogP contribution >= 0.6 is 0 Å². The average Bonchev–Trinajstić information content (AvgIpc) is 2.79. The fourth-order valence-corrected chi connectivity index (χ4v) is 1.67. The summed E-state index contributed by atoms with van der Waals surface area (Å²) in [4.78, 5) is 4.12. The van der Waals surface area contributed by atoms with E-state index in [9.17, 15) is 0 Å². The number of ether oxygens (including phenoxy) is 1. The Morgan fingerprint density at radius 3 is 2.76 bits per heavy atom.